The number of hydrogen-bond acceptors (Lipinski definition) is 4. The number of carbonyl (C=O) groups is 1. The Morgan fingerprint density at radius 3 is 2.42 bits per heavy atom. The monoisotopic (exact) mass is 272 g/mol. The molecule has 0 aromatic heterocycles. The predicted octanol–water partition coefficient (Wildman–Crippen LogP) is 0.619. The van der Waals surface area contributed by atoms with Gasteiger partial charge in [-0.15, -0.1) is 0 Å². The van der Waals surface area contributed by atoms with E-state index >= 15 is 0 Å². The molecule has 1 aliphatic heterocycles. The SMILES string of the molecule is CC1CN(C(C(=O)NCCCO)C(C)C)CC(C)O1. The first kappa shape index (κ1) is 16.4. The number of morpholine rings is 1. The molecule has 5 heteroatoms. The van der Waals surface area contributed by atoms with Crippen molar-refractivity contribution in [2.24, 2.45) is 5.92 Å². The van der Waals surface area contributed by atoms with E-state index in [9.17, 15) is 4.79 Å². The molecule has 0 radical (unpaired) electrons. The molecule has 19 heavy (non-hydrogen) atoms. The first-order chi connectivity index (χ1) is 8.95. The average molecular weight is 272 g/mol. The quantitative estimate of drug-likeness (QED) is 0.696. The number of nitrogens with zero attached hydrogens (tertiary/aromatic N) is 1. The van der Waals surface area contributed by atoms with Gasteiger partial charge in [0.25, 0.3) is 0 Å². The zero-order chi connectivity index (χ0) is 14.4. The number of aliphatic hydroxyl groups is 1. The van der Waals surface area contributed by atoms with E-state index in [2.05, 4.69) is 24.1 Å². The zero-order valence-electron chi connectivity index (χ0n) is 12.6. The summed E-state index contributed by atoms with van der Waals surface area (Å²) in [4.78, 5) is 14.5. The van der Waals surface area contributed by atoms with Crippen LogP contribution in [0.15, 0.2) is 0 Å². The summed E-state index contributed by atoms with van der Waals surface area (Å²) >= 11 is 0. The van der Waals surface area contributed by atoms with Crippen molar-refractivity contribution >= 4 is 5.91 Å². The van der Waals surface area contributed by atoms with Gasteiger partial charge in [0.2, 0.25) is 5.91 Å². The first-order valence-corrected chi connectivity index (χ1v) is 7.23. The second-order valence-corrected chi connectivity index (χ2v) is 5.77. The number of ether oxygens (including phenoxy) is 1. The molecular weight excluding hydrogens is 244 g/mol. The molecule has 3 atom stereocenters. The summed E-state index contributed by atoms with van der Waals surface area (Å²) in [6, 6.07) is -0.118. The van der Waals surface area contributed by atoms with Gasteiger partial charge in [-0.2, -0.15) is 0 Å². The van der Waals surface area contributed by atoms with E-state index in [0.29, 0.717) is 13.0 Å². The van der Waals surface area contributed by atoms with Crippen LogP contribution in [-0.4, -0.2) is 60.4 Å². The van der Waals surface area contributed by atoms with Gasteiger partial charge in [-0.1, -0.05) is 13.8 Å². The van der Waals surface area contributed by atoms with E-state index in [0.717, 1.165) is 13.1 Å². The zero-order valence-corrected chi connectivity index (χ0v) is 12.6. The maximum Gasteiger partial charge on any atom is 0.237 e. The lowest BCUT2D eigenvalue weighted by Crippen LogP contribution is -2.57. The summed E-state index contributed by atoms with van der Waals surface area (Å²) in [5.74, 6) is 0.316. The van der Waals surface area contributed by atoms with E-state index in [1.165, 1.54) is 0 Å². The molecule has 1 saturated heterocycles. The molecule has 2 N–H and O–H groups in total. The molecule has 0 aromatic carbocycles. The predicted molar refractivity (Wildman–Crippen MR) is 74.9 cm³/mol. The number of hydrogen-bond donors (Lipinski definition) is 2. The van der Waals surface area contributed by atoms with Crippen molar-refractivity contribution in [3.8, 4) is 0 Å². The summed E-state index contributed by atoms with van der Waals surface area (Å²) in [5, 5.41) is 11.7. The Labute approximate surface area is 116 Å². The Bertz CT molecular complexity index is 274. The van der Waals surface area contributed by atoms with E-state index < -0.39 is 0 Å². The smallest absolute Gasteiger partial charge is 0.237 e. The third-order valence-corrected chi connectivity index (χ3v) is 3.38. The van der Waals surface area contributed by atoms with Crippen molar-refractivity contribution in [3.63, 3.8) is 0 Å². The molecule has 1 fully saturated rings. The maximum atomic E-state index is 12.3. The lowest BCUT2D eigenvalue weighted by Gasteiger charge is -2.41. The third-order valence-electron chi connectivity index (χ3n) is 3.38. The largest absolute Gasteiger partial charge is 0.396 e. The molecule has 112 valence electrons. The van der Waals surface area contributed by atoms with Crippen LogP contribution in [0.25, 0.3) is 0 Å². The van der Waals surface area contributed by atoms with Crippen LogP contribution >= 0.6 is 0 Å². The van der Waals surface area contributed by atoms with Crippen LogP contribution < -0.4 is 5.32 Å². The minimum absolute atomic E-state index is 0.0600. The number of nitrogens with one attached hydrogen (secondary N) is 1. The minimum atomic E-state index is -0.118. The van der Waals surface area contributed by atoms with Gasteiger partial charge in [0, 0.05) is 26.2 Å². The van der Waals surface area contributed by atoms with Gasteiger partial charge < -0.3 is 15.2 Å². The van der Waals surface area contributed by atoms with Crippen molar-refractivity contribution in [2.75, 3.05) is 26.2 Å². The fourth-order valence-electron chi connectivity index (χ4n) is 2.73. The van der Waals surface area contributed by atoms with Gasteiger partial charge in [0.1, 0.15) is 0 Å². The summed E-state index contributed by atoms with van der Waals surface area (Å²) in [7, 11) is 0. The molecule has 1 rings (SSSR count). The summed E-state index contributed by atoms with van der Waals surface area (Å²) in [6.07, 6.45) is 0.928. The van der Waals surface area contributed by atoms with E-state index in [-0.39, 0.29) is 36.7 Å². The fourth-order valence-corrected chi connectivity index (χ4v) is 2.73. The molecule has 0 saturated carbocycles. The summed E-state index contributed by atoms with van der Waals surface area (Å²) in [6.45, 7) is 10.5. The lowest BCUT2D eigenvalue weighted by atomic mass is 9.99. The molecule has 0 aliphatic carbocycles. The number of rotatable bonds is 6. The van der Waals surface area contributed by atoms with Gasteiger partial charge in [0.15, 0.2) is 0 Å². The normalized spacial score (nSPS) is 26.4. The number of amides is 1. The molecule has 1 aliphatic rings. The van der Waals surface area contributed by atoms with Crippen molar-refractivity contribution in [3.05, 3.63) is 0 Å². The van der Waals surface area contributed by atoms with Crippen LogP contribution in [0.4, 0.5) is 0 Å². The highest BCUT2D eigenvalue weighted by Gasteiger charge is 2.33. The molecule has 0 bridgehead atoms. The van der Waals surface area contributed by atoms with Crippen molar-refractivity contribution < 1.29 is 14.6 Å². The molecule has 0 spiro atoms. The van der Waals surface area contributed by atoms with Crippen LogP contribution in [0.5, 0.6) is 0 Å². The standard InChI is InChI=1S/C14H28N2O3/c1-10(2)13(14(18)15-6-5-7-17)16-8-11(3)19-12(4)9-16/h10-13,17H,5-9H2,1-4H3,(H,15,18). The van der Waals surface area contributed by atoms with Crippen LogP contribution in [0.3, 0.4) is 0 Å². The van der Waals surface area contributed by atoms with Gasteiger partial charge >= 0.3 is 0 Å². The van der Waals surface area contributed by atoms with Crippen LogP contribution in [0, 0.1) is 5.92 Å². The second-order valence-electron chi connectivity index (χ2n) is 5.77. The Hall–Kier alpha value is -0.650. The van der Waals surface area contributed by atoms with E-state index in [4.69, 9.17) is 9.84 Å². The third kappa shape index (κ3) is 5.09. The molecule has 5 nitrogen and oxygen atoms in total. The van der Waals surface area contributed by atoms with Gasteiger partial charge in [-0.25, -0.2) is 0 Å². The Morgan fingerprint density at radius 2 is 1.95 bits per heavy atom. The Morgan fingerprint density at radius 1 is 1.37 bits per heavy atom. The highest BCUT2D eigenvalue weighted by Crippen LogP contribution is 2.18. The topological polar surface area (TPSA) is 61.8 Å². The van der Waals surface area contributed by atoms with Crippen LogP contribution in [0.1, 0.15) is 34.1 Å². The summed E-state index contributed by atoms with van der Waals surface area (Å²) in [5.41, 5.74) is 0. The highest BCUT2D eigenvalue weighted by molar-refractivity contribution is 5.82. The average Bonchev–Trinajstić information content (AvgIpc) is 2.27. The number of carbonyl (C=O) groups excluding carboxylic acids is 1. The molecule has 1 heterocycles. The van der Waals surface area contributed by atoms with Crippen molar-refractivity contribution in [1.82, 2.24) is 10.2 Å². The van der Waals surface area contributed by atoms with E-state index in [1.54, 1.807) is 0 Å². The first-order valence-electron chi connectivity index (χ1n) is 7.23. The van der Waals surface area contributed by atoms with Gasteiger partial charge in [-0.3, -0.25) is 9.69 Å². The molecule has 3 unspecified atom stereocenters. The van der Waals surface area contributed by atoms with Crippen molar-refractivity contribution in [2.45, 2.75) is 52.4 Å². The molecule has 1 amide bonds. The van der Waals surface area contributed by atoms with Gasteiger partial charge in [0.05, 0.1) is 18.2 Å². The minimum Gasteiger partial charge on any atom is -0.396 e. The van der Waals surface area contributed by atoms with Gasteiger partial charge in [-0.05, 0) is 26.2 Å². The summed E-state index contributed by atoms with van der Waals surface area (Å²) < 4.78 is 5.72. The van der Waals surface area contributed by atoms with Crippen molar-refractivity contribution in [1.29, 1.82) is 0 Å². The lowest BCUT2D eigenvalue weighted by molar-refractivity contribution is -0.135. The van der Waals surface area contributed by atoms with Crippen LogP contribution in [-0.2, 0) is 9.53 Å². The maximum absolute atomic E-state index is 12.3. The van der Waals surface area contributed by atoms with Crippen LogP contribution in [0.2, 0.25) is 0 Å². The number of aliphatic hydroxyl groups excluding tert-OH is 1. The Balaban J connectivity index is 2.62. The Kier molecular flexibility index (Phi) is 6.75. The molecule has 0 aromatic rings. The second kappa shape index (κ2) is 7.82. The van der Waals surface area contributed by atoms with E-state index in [1.807, 2.05) is 13.8 Å². The highest BCUT2D eigenvalue weighted by atomic mass is 16.5. The molecular formula is C14H28N2O3. The fraction of sp³-hybridized carbons (Fsp3) is 0.929.